The molecule has 1 fully saturated rings. The van der Waals surface area contributed by atoms with E-state index in [1.165, 1.54) is 12.1 Å². The summed E-state index contributed by atoms with van der Waals surface area (Å²) in [4.78, 5) is 21.1. The van der Waals surface area contributed by atoms with E-state index in [1.54, 1.807) is 18.3 Å². The molecule has 2 aromatic rings. The number of halogens is 1. The van der Waals surface area contributed by atoms with Crippen molar-refractivity contribution >= 4 is 11.7 Å². The molecular weight excluding hydrogens is 281 g/mol. The van der Waals surface area contributed by atoms with Crippen molar-refractivity contribution in [3.63, 3.8) is 0 Å². The van der Waals surface area contributed by atoms with Crippen LogP contribution in [0.5, 0.6) is 0 Å². The molecule has 4 rings (SSSR count). The fourth-order valence-corrected chi connectivity index (χ4v) is 2.90. The quantitative estimate of drug-likeness (QED) is 0.946. The van der Waals surface area contributed by atoms with Gasteiger partial charge in [-0.05, 0) is 42.9 Å². The number of rotatable bonds is 3. The fourth-order valence-electron chi connectivity index (χ4n) is 2.90. The first kappa shape index (κ1) is 13.4. The summed E-state index contributed by atoms with van der Waals surface area (Å²) in [5.41, 5.74) is 2.40. The molecule has 1 saturated carbocycles. The molecule has 22 heavy (non-hydrogen) atoms. The van der Waals surface area contributed by atoms with Crippen LogP contribution in [-0.4, -0.2) is 21.8 Å². The highest BCUT2D eigenvalue weighted by Crippen LogP contribution is 2.32. The Morgan fingerprint density at radius 2 is 1.91 bits per heavy atom. The van der Waals surface area contributed by atoms with Crippen molar-refractivity contribution in [3.05, 3.63) is 53.1 Å². The van der Waals surface area contributed by atoms with Gasteiger partial charge in [-0.15, -0.1) is 0 Å². The standard InChI is InChI=1S/C17H16FN3O/c18-12-3-1-10(2-4-12)11-7-15-14(16(22)8-11)9-19-17(21-15)20-13-5-6-13/h1-4,9,11,13H,5-8H2,(H,19,20,21)/t11-/m0/s1. The maximum Gasteiger partial charge on any atom is 0.223 e. The topological polar surface area (TPSA) is 54.9 Å². The van der Waals surface area contributed by atoms with Crippen LogP contribution in [0.25, 0.3) is 0 Å². The number of nitrogens with zero attached hydrogens (tertiary/aromatic N) is 2. The first-order chi connectivity index (χ1) is 10.7. The number of aromatic nitrogens is 2. The van der Waals surface area contributed by atoms with Gasteiger partial charge in [0.25, 0.3) is 0 Å². The Morgan fingerprint density at radius 1 is 1.14 bits per heavy atom. The molecule has 0 aliphatic heterocycles. The Balaban J connectivity index is 1.62. The number of Topliss-reactive ketones (excluding diaryl/α,β-unsaturated/α-hetero) is 1. The maximum atomic E-state index is 13.1. The lowest BCUT2D eigenvalue weighted by Crippen LogP contribution is -2.21. The van der Waals surface area contributed by atoms with Gasteiger partial charge in [0.15, 0.2) is 5.78 Å². The van der Waals surface area contributed by atoms with Gasteiger partial charge in [-0.2, -0.15) is 0 Å². The summed E-state index contributed by atoms with van der Waals surface area (Å²) in [5, 5.41) is 3.26. The van der Waals surface area contributed by atoms with Gasteiger partial charge in [-0.25, -0.2) is 14.4 Å². The lowest BCUT2D eigenvalue weighted by molar-refractivity contribution is 0.0962. The average Bonchev–Trinajstić information content (AvgIpc) is 3.31. The molecule has 1 aromatic carbocycles. The molecule has 1 heterocycles. The Bertz CT molecular complexity index is 725. The smallest absolute Gasteiger partial charge is 0.223 e. The molecule has 0 spiro atoms. The largest absolute Gasteiger partial charge is 0.351 e. The molecule has 2 aliphatic carbocycles. The van der Waals surface area contributed by atoms with E-state index >= 15 is 0 Å². The molecular formula is C17H16FN3O. The highest BCUT2D eigenvalue weighted by molar-refractivity contribution is 5.98. The Hall–Kier alpha value is -2.30. The number of hydrogen-bond acceptors (Lipinski definition) is 4. The summed E-state index contributed by atoms with van der Waals surface area (Å²) in [7, 11) is 0. The van der Waals surface area contributed by atoms with E-state index < -0.39 is 0 Å². The number of anilines is 1. The van der Waals surface area contributed by atoms with Gasteiger partial charge < -0.3 is 5.32 Å². The van der Waals surface area contributed by atoms with Crippen LogP contribution < -0.4 is 5.32 Å². The highest BCUT2D eigenvalue weighted by Gasteiger charge is 2.29. The third kappa shape index (κ3) is 2.58. The van der Waals surface area contributed by atoms with Crippen LogP contribution in [0.15, 0.2) is 30.5 Å². The summed E-state index contributed by atoms with van der Waals surface area (Å²) in [6.07, 6.45) is 5.05. The molecule has 0 radical (unpaired) electrons. The van der Waals surface area contributed by atoms with Gasteiger partial charge in [0, 0.05) is 18.7 Å². The molecule has 1 aromatic heterocycles. The lowest BCUT2D eigenvalue weighted by atomic mass is 9.82. The number of carbonyl (C=O) groups excluding carboxylic acids is 1. The van der Waals surface area contributed by atoms with Crippen LogP contribution in [0.1, 0.15) is 46.8 Å². The third-order valence-electron chi connectivity index (χ3n) is 4.29. The predicted molar refractivity (Wildman–Crippen MR) is 80.5 cm³/mol. The third-order valence-corrected chi connectivity index (χ3v) is 4.29. The minimum Gasteiger partial charge on any atom is -0.351 e. The molecule has 4 nitrogen and oxygen atoms in total. The molecule has 0 unspecified atom stereocenters. The minimum absolute atomic E-state index is 0.0595. The van der Waals surface area contributed by atoms with E-state index in [0.717, 1.165) is 24.1 Å². The van der Waals surface area contributed by atoms with Gasteiger partial charge in [0.1, 0.15) is 5.82 Å². The van der Waals surface area contributed by atoms with Gasteiger partial charge in [-0.3, -0.25) is 4.79 Å². The number of fused-ring (bicyclic) bond motifs is 1. The van der Waals surface area contributed by atoms with Crippen LogP contribution in [0.4, 0.5) is 10.3 Å². The Morgan fingerprint density at radius 3 is 2.64 bits per heavy atom. The molecule has 2 aliphatic rings. The normalized spacial score (nSPS) is 20.6. The van der Waals surface area contributed by atoms with Crippen molar-refractivity contribution in [2.45, 2.75) is 37.6 Å². The first-order valence-electron chi connectivity index (χ1n) is 7.60. The van der Waals surface area contributed by atoms with Crippen molar-refractivity contribution in [1.29, 1.82) is 0 Å². The Kier molecular flexibility index (Phi) is 3.13. The van der Waals surface area contributed by atoms with Gasteiger partial charge in [0.2, 0.25) is 5.95 Å². The zero-order valence-corrected chi connectivity index (χ0v) is 12.1. The van der Waals surface area contributed by atoms with Crippen molar-refractivity contribution in [2.75, 3.05) is 5.32 Å². The van der Waals surface area contributed by atoms with Crippen molar-refractivity contribution < 1.29 is 9.18 Å². The lowest BCUT2D eigenvalue weighted by Gasteiger charge is -2.23. The number of hydrogen-bond donors (Lipinski definition) is 1. The SMILES string of the molecule is O=C1C[C@@H](c2ccc(F)cc2)Cc2nc(NC3CC3)ncc21. The van der Waals surface area contributed by atoms with Gasteiger partial charge in [-0.1, -0.05) is 12.1 Å². The highest BCUT2D eigenvalue weighted by atomic mass is 19.1. The average molecular weight is 297 g/mol. The first-order valence-corrected chi connectivity index (χ1v) is 7.60. The van der Waals surface area contributed by atoms with E-state index in [0.29, 0.717) is 30.4 Å². The number of carbonyl (C=O) groups is 1. The summed E-state index contributed by atoms with van der Waals surface area (Å²) >= 11 is 0. The monoisotopic (exact) mass is 297 g/mol. The van der Waals surface area contributed by atoms with Crippen molar-refractivity contribution in [2.24, 2.45) is 0 Å². The molecule has 112 valence electrons. The fraction of sp³-hybridized carbons (Fsp3) is 0.353. The molecule has 1 atom stereocenters. The zero-order valence-electron chi connectivity index (χ0n) is 12.1. The van der Waals surface area contributed by atoms with Crippen LogP contribution >= 0.6 is 0 Å². The predicted octanol–water partition coefficient (Wildman–Crippen LogP) is 3.10. The van der Waals surface area contributed by atoms with Crippen LogP contribution in [-0.2, 0) is 6.42 Å². The second kappa shape index (κ2) is 5.16. The van der Waals surface area contributed by atoms with E-state index in [4.69, 9.17) is 0 Å². The molecule has 0 saturated heterocycles. The van der Waals surface area contributed by atoms with E-state index in [-0.39, 0.29) is 17.5 Å². The molecule has 1 N–H and O–H groups in total. The second-order valence-electron chi connectivity index (χ2n) is 6.05. The van der Waals surface area contributed by atoms with Crippen LogP contribution in [0.2, 0.25) is 0 Å². The maximum absolute atomic E-state index is 13.1. The van der Waals surface area contributed by atoms with Crippen molar-refractivity contribution in [3.8, 4) is 0 Å². The summed E-state index contributed by atoms with van der Waals surface area (Å²) in [6.45, 7) is 0. The molecule has 0 bridgehead atoms. The van der Waals surface area contributed by atoms with Crippen LogP contribution in [0, 0.1) is 5.82 Å². The number of nitrogens with one attached hydrogen (secondary N) is 1. The minimum atomic E-state index is -0.260. The van der Waals surface area contributed by atoms with Crippen molar-refractivity contribution in [1.82, 2.24) is 9.97 Å². The molecule has 0 amide bonds. The summed E-state index contributed by atoms with van der Waals surface area (Å²) < 4.78 is 13.1. The number of benzene rings is 1. The summed E-state index contributed by atoms with van der Waals surface area (Å²) in [6, 6.07) is 6.86. The summed E-state index contributed by atoms with van der Waals surface area (Å²) in [5.74, 6) is 0.469. The second-order valence-corrected chi connectivity index (χ2v) is 6.05. The zero-order chi connectivity index (χ0) is 15.1. The van der Waals surface area contributed by atoms with E-state index in [2.05, 4.69) is 15.3 Å². The Labute approximate surface area is 127 Å². The van der Waals surface area contributed by atoms with Crippen LogP contribution in [0.3, 0.4) is 0 Å². The number of ketones is 1. The van der Waals surface area contributed by atoms with E-state index in [1.807, 2.05) is 0 Å². The molecule has 5 heteroatoms. The van der Waals surface area contributed by atoms with Gasteiger partial charge in [0.05, 0.1) is 11.3 Å². The van der Waals surface area contributed by atoms with Gasteiger partial charge >= 0.3 is 0 Å². The van der Waals surface area contributed by atoms with E-state index in [9.17, 15) is 9.18 Å².